The van der Waals surface area contributed by atoms with E-state index >= 15 is 0 Å². The lowest BCUT2D eigenvalue weighted by Gasteiger charge is -2.07. The quantitative estimate of drug-likeness (QED) is 0.664. The summed E-state index contributed by atoms with van der Waals surface area (Å²) in [5.41, 5.74) is -0.604. The number of rotatable bonds is 5. The highest BCUT2D eigenvalue weighted by atomic mass is 19.1. The van der Waals surface area contributed by atoms with Crippen LogP contribution in [0, 0.1) is 17.5 Å². The number of ether oxygens (including phenoxy) is 1. The Morgan fingerprint density at radius 3 is 2.20 bits per heavy atom. The van der Waals surface area contributed by atoms with Gasteiger partial charge in [0.2, 0.25) is 11.7 Å². The number of Topliss-reactive ketones (excluding diaryl/α,β-unsaturated/α-hetero) is 1. The van der Waals surface area contributed by atoms with Crippen molar-refractivity contribution in [3.8, 4) is 0 Å². The summed E-state index contributed by atoms with van der Waals surface area (Å²) in [6, 6.07) is 5.45. The standard InChI is InChI=1S/C17H12F3NO4/c1-9(22)21-13-2-3-14(15(20)7-13)16(23)8-25-17(24)10-4-11(18)6-12(19)5-10/h2-7H,8H2,1H3,(H,21,22). The SMILES string of the molecule is CC(=O)Nc1ccc(C(=O)COC(=O)c2cc(F)cc(F)c2)c(F)c1. The average Bonchev–Trinajstić information content (AvgIpc) is 2.50. The maximum atomic E-state index is 13.9. The number of anilines is 1. The Hall–Kier alpha value is -3.16. The van der Waals surface area contributed by atoms with E-state index in [9.17, 15) is 27.6 Å². The van der Waals surface area contributed by atoms with E-state index < -0.39 is 47.3 Å². The zero-order chi connectivity index (χ0) is 18.6. The van der Waals surface area contributed by atoms with Crippen molar-refractivity contribution < 1.29 is 32.3 Å². The molecule has 2 aromatic carbocycles. The molecule has 0 spiro atoms. The second-order valence-corrected chi connectivity index (χ2v) is 5.03. The van der Waals surface area contributed by atoms with Crippen molar-refractivity contribution in [1.82, 2.24) is 0 Å². The molecule has 0 atom stereocenters. The van der Waals surface area contributed by atoms with Crippen molar-refractivity contribution in [3.05, 3.63) is 65.0 Å². The Morgan fingerprint density at radius 2 is 1.64 bits per heavy atom. The van der Waals surface area contributed by atoms with Gasteiger partial charge in [0.15, 0.2) is 6.61 Å². The second kappa shape index (κ2) is 7.61. The first-order valence-corrected chi connectivity index (χ1v) is 7.00. The Bertz CT molecular complexity index is 832. The fraction of sp³-hybridized carbons (Fsp3) is 0.118. The molecule has 2 rings (SSSR count). The summed E-state index contributed by atoms with van der Waals surface area (Å²) < 4.78 is 44.6. The van der Waals surface area contributed by atoms with Gasteiger partial charge in [-0.05, 0) is 30.3 Å². The smallest absolute Gasteiger partial charge is 0.338 e. The Labute approximate surface area is 140 Å². The first-order chi connectivity index (χ1) is 11.8. The van der Waals surface area contributed by atoms with Crippen LogP contribution in [0.25, 0.3) is 0 Å². The van der Waals surface area contributed by atoms with Crippen LogP contribution in [0.2, 0.25) is 0 Å². The number of carbonyl (C=O) groups is 3. The van der Waals surface area contributed by atoms with Crippen molar-refractivity contribution in [2.24, 2.45) is 0 Å². The van der Waals surface area contributed by atoms with Crippen molar-refractivity contribution in [3.63, 3.8) is 0 Å². The van der Waals surface area contributed by atoms with Crippen LogP contribution in [0.4, 0.5) is 18.9 Å². The minimum atomic E-state index is -1.12. The van der Waals surface area contributed by atoms with E-state index in [-0.39, 0.29) is 11.3 Å². The number of carbonyl (C=O) groups excluding carboxylic acids is 3. The molecule has 1 N–H and O–H groups in total. The third-order valence-corrected chi connectivity index (χ3v) is 3.02. The summed E-state index contributed by atoms with van der Waals surface area (Å²) in [7, 11) is 0. The van der Waals surface area contributed by atoms with Crippen LogP contribution >= 0.6 is 0 Å². The number of hydrogen-bond donors (Lipinski definition) is 1. The molecule has 0 aliphatic carbocycles. The molecule has 8 heteroatoms. The van der Waals surface area contributed by atoms with E-state index in [0.717, 1.165) is 24.3 Å². The summed E-state index contributed by atoms with van der Waals surface area (Å²) >= 11 is 0. The molecular formula is C17H12F3NO4. The third kappa shape index (κ3) is 4.90. The van der Waals surface area contributed by atoms with Crippen LogP contribution in [0.5, 0.6) is 0 Å². The largest absolute Gasteiger partial charge is 0.454 e. The third-order valence-electron chi connectivity index (χ3n) is 3.02. The Morgan fingerprint density at radius 1 is 1.00 bits per heavy atom. The van der Waals surface area contributed by atoms with Gasteiger partial charge in [0, 0.05) is 18.7 Å². The summed E-state index contributed by atoms with van der Waals surface area (Å²) in [5.74, 6) is -5.24. The van der Waals surface area contributed by atoms with Crippen molar-refractivity contribution in [2.75, 3.05) is 11.9 Å². The molecule has 2 aromatic rings. The summed E-state index contributed by atoms with van der Waals surface area (Å²) in [6.45, 7) is 0.430. The van der Waals surface area contributed by atoms with Gasteiger partial charge in [-0.1, -0.05) is 0 Å². The van der Waals surface area contributed by atoms with Gasteiger partial charge in [-0.2, -0.15) is 0 Å². The minimum absolute atomic E-state index is 0.161. The molecule has 0 aliphatic rings. The molecule has 0 saturated heterocycles. The van der Waals surface area contributed by atoms with Crippen LogP contribution in [-0.2, 0) is 9.53 Å². The van der Waals surface area contributed by atoms with Gasteiger partial charge in [0.1, 0.15) is 17.5 Å². The molecular weight excluding hydrogens is 339 g/mol. The Kier molecular flexibility index (Phi) is 5.53. The molecule has 0 saturated carbocycles. The number of nitrogens with one attached hydrogen (secondary N) is 1. The summed E-state index contributed by atoms with van der Waals surface area (Å²) in [6.07, 6.45) is 0. The van der Waals surface area contributed by atoms with E-state index in [0.29, 0.717) is 6.07 Å². The molecule has 1 amide bonds. The van der Waals surface area contributed by atoms with Gasteiger partial charge in [0.05, 0.1) is 11.1 Å². The number of esters is 1. The highest BCUT2D eigenvalue weighted by Crippen LogP contribution is 2.16. The maximum absolute atomic E-state index is 13.9. The molecule has 0 aliphatic heterocycles. The predicted molar refractivity (Wildman–Crippen MR) is 81.7 cm³/mol. The summed E-state index contributed by atoms with van der Waals surface area (Å²) in [4.78, 5) is 34.5. The zero-order valence-electron chi connectivity index (χ0n) is 12.9. The monoisotopic (exact) mass is 351 g/mol. The van der Waals surface area contributed by atoms with Gasteiger partial charge >= 0.3 is 5.97 Å². The molecule has 0 fully saturated rings. The first kappa shape index (κ1) is 18.2. The molecule has 5 nitrogen and oxygen atoms in total. The molecule has 25 heavy (non-hydrogen) atoms. The highest BCUT2D eigenvalue weighted by Gasteiger charge is 2.17. The lowest BCUT2D eigenvalue weighted by Crippen LogP contribution is -2.16. The maximum Gasteiger partial charge on any atom is 0.338 e. The van der Waals surface area contributed by atoms with E-state index in [4.69, 9.17) is 0 Å². The van der Waals surface area contributed by atoms with Gasteiger partial charge in [0.25, 0.3) is 0 Å². The molecule has 0 radical (unpaired) electrons. The van der Waals surface area contributed by atoms with Gasteiger partial charge < -0.3 is 10.1 Å². The number of halogens is 3. The molecule has 0 heterocycles. The lowest BCUT2D eigenvalue weighted by atomic mass is 10.1. The molecule has 0 aromatic heterocycles. The normalized spacial score (nSPS) is 10.2. The van der Waals surface area contributed by atoms with E-state index in [1.807, 2.05) is 0 Å². The predicted octanol–water partition coefficient (Wildman–Crippen LogP) is 3.10. The van der Waals surface area contributed by atoms with E-state index in [1.54, 1.807) is 0 Å². The van der Waals surface area contributed by atoms with Gasteiger partial charge in [-0.15, -0.1) is 0 Å². The van der Waals surface area contributed by atoms with Crippen molar-refractivity contribution in [1.29, 1.82) is 0 Å². The minimum Gasteiger partial charge on any atom is -0.454 e. The zero-order valence-corrected chi connectivity index (χ0v) is 12.9. The van der Waals surface area contributed by atoms with Gasteiger partial charge in [-0.25, -0.2) is 18.0 Å². The highest BCUT2D eigenvalue weighted by molar-refractivity contribution is 6.00. The van der Waals surface area contributed by atoms with Crippen LogP contribution in [-0.4, -0.2) is 24.3 Å². The van der Waals surface area contributed by atoms with Crippen molar-refractivity contribution >= 4 is 23.3 Å². The number of hydrogen-bond acceptors (Lipinski definition) is 4. The Balaban J connectivity index is 2.04. The molecule has 0 unspecified atom stereocenters. The van der Waals surface area contributed by atoms with Crippen molar-refractivity contribution in [2.45, 2.75) is 6.92 Å². The van der Waals surface area contributed by atoms with E-state index in [1.165, 1.54) is 13.0 Å². The molecule has 0 bridgehead atoms. The second-order valence-electron chi connectivity index (χ2n) is 5.03. The topological polar surface area (TPSA) is 72.5 Å². The molecule has 130 valence electrons. The average molecular weight is 351 g/mol. The van der Waals surface area contributed by atoms with Gasteiger partial charge in [-0.3, -0.25) is 9.59 Å². The number of benzene rings is 2. The van der Waals surface area contributed by atoms with Crippen LogP contribution < -0.4 is 5.32 Å². The van der Waals surface area contributed by atoms with Crippen LogP contribution in [0.1, 0.15) is 27.6 Å². The number of amides is 1. The van der Waals surface area contributed by atoms with Crippen LogP contribution in [0.15, 0.2) is 36.4 Å². The van der Waals surface area contributed by atoms with Crippen LogP contribution in [0.3, 0.4) is 0 Å². The number of ketones is 1. The first-order valence-electron chi connectivity index (χ1n) is 7.00. The van der Waals surface area contributed by atoms with E-state index in [2.05, 4.69) is 10.1 Å². The fourth-order valence-corrected chi connectivity index (χ4v) is 1.99. The fourth-order valence-electron chi connectivity index (χ4n) is 1.99. The lowest BCUT2D eigenvalue weighted by molar-refractivity contribution is -0.114. The summed E-state index contributed by atoms with van der Waals surface area (Å²) in [5, 5.41) is 2.35.